The van der Waals surface area contributed by atoms with Gasteiger partial charge in [-0.05, 0) is 42.9 Å². The molecule has 3 heteroatoms. The minimum atomic E-state index is -0.963. The Morgan fingerprint density at radius 2 is 1.76 bits per heavy atom. The molecular formula is C18H18O3. The van der Waals surface area contributed by atoms with Crippen molar-refractivity contribution in [2.75, 3.05) is 0 Å². The van der Waals surface area contributed by atoms with Crippen LogP contribution in [0.15, 0.2) is 48.5 Å². The van der Waals surface area contributed by atoms with Crippen molar-refractivity contribution in [1.29, 1.82) is 0 Å². The minimum absolute atomic E-state index is 0.665. The summed E-state index contributed by atoms with van der Waals surface area (Å²) in [6.45, 7) is 0. The number of rotatable bonds is 4. The van der Waals surface area contributed by atoms with E-state index in [0.717, 1.165) is 19.3 Å². The molecule has 108 valence electrons. The zero-order chi connectivity index (χ0) is 14.7. The van der Waals surface area contributed by atoms with Gasteiger partial charge in [0.15, 0.2) is 0 Å². The van der Waals surface area contributed by atoms with Gasteiger partial charge in [-0.3, -0.25) is 0 Å². The summed E-state index contributed by atoms with van der Waals surface area (Å²) in [6.07, 6.45) is 3.38. The second-order valence-electron chi connectivity index (χ2n) is 5.35. The van der Waals surface area contributed by atoms with Gasteiger partial charge in [-0.25, -0.2) is 4.79 Å². The first-order valence-electron chi connectivity index (χ1n) is 7.31. The van der Waals surface area contributed by atoms with Gasteiger partial charge in [-0.2, -0.15) is 0 Å². The number of carboxylic acids is 1. The van der Waals surface area contributed by atoms with Crippen LogP contribution in [0.5, 0.6) is 5.75 Å². The zero-order valence-corrected chi connectivity index (χ0v) is 11.8. The van der Waals surface area contributed by atoms with E-state index in [9.17, 15) is 9.90 Å². The van der Waals surface area contributed by atoms with E-state index in [4.69, 9.17) is 4.74 Å². The maximum atomic E-state index is 11.5. The lowest BCUT2D eigenvalue weighted by Crippen LogP contribution is -2.19. The van der Waals surface area contributed by atoms with E-state index in [1.54, 1.807) is 12.1 Å². The Morgan fingerprint density at radius 1 is 1.00 bits per heavy atom. The van der Waals surface area contributed by atoms with E-state index in [1.807, 2.05) is 30.3 Å². The van der Waals surface area contributed by atoms with Crippen LogP contribution in [-0.4, -0.2) is 11.1 Å². The van der Waals surface area contributed by atoms with E-state index in [-0.39, 0.29) is 0 Å². The van der Waals surface area contributed by atoms with Crippen LogP contribution in [0.25, 0.3) is 0 Å². The number of benzene rings is 2. The normalized spacial score (nSPS) is 15.0. The molecule has 3 nitrogen and oxygen atoms in total. The number of carboxylic acid groups (broad SMARTS) is 1. The van der Waals surface area contributed by atoms with Crippen LogP contribution >= 0.6 is 0 Å². The number of aliphatic carboxylic acids is 1. The molecule has 2 aromatic carbocycles. The molecule has 0 saturated heterocycles. The second-order valence-corrected chi connectivity index (χ2v) is 5.35. The maximum Gasteiger partial charge on any atom is 0.349 e. The van der Waals surface area contributed by atoms with E-state index in [2.05, 4.69) is 6.07 Å². The molecule has 0 amide bonds. The molecule has 1 unspecified atom stereocenters. The van der Waals surface area contributed by atoms with Crippen molar-refractivity contribution in [3.05, 3.63) is 65.2 Å². The first kappa shape index (κ1) is 13.7. The van der Waals surface area contributed by atoms with Crippen LogP contribution in [0.2, 0.25) is 0 Å². The summed E-state index contributed by atoms with van der Waals surface area (Å²) >= 11 is 0. The number of ether oxygens (including phenoxy) is 1. The fourth-order valence-electron chi connectivity index (χ4n) is 2.87. The molecule has 0 fully saturated rings. The van der Waals surface area contributed by atoms with E-state index in [0.29, 0.717) is 11.3 Å². The van der Waals surface area contributed by atoms with Crippen molar-refractivity contribution < 1.29 is 14.6 Å². The van der Waals surface area contributed by atoms with Gasteiger partial charge in [0.05, 0.1) is 0 Å². The topological polar surface area (TPSA) is 46.5 Å². The number of carbonyl (C=O) groups is 1. The van der Waals surface area contributed by atoms with Gasteiger partial charge in [-0.1, -0.05) is 42.5 Å². The standard InChI is InChI=1S/C18H18O3/c19-18(20)17(14-8-2-1-3-9-14)21-16-12-6-10-13-7-4-5-11-15(13)16/h1-3,6,8-10,12,17H,4-5,7,11H2,(H,19,20). The molecular weight excluding hydrogens is 264 g/mol. The van der Waals surface area contributed by atoms with Gasteiger partial charge in [0, 0.05) is 5.56 Å². The highest BCUT2D eigenvalue weighted by Crippen LogP contribution is 2.32. The fraction of sp³-hybridized carbons (Fsp3) is 0.278. The molecule has 1 N–H and O–H groups in total. The molecule has 1 aliphatic carbocycles. The highest BCUT2D eigenvalue weighted by atomic mass is 16.5. The summed E-state index contributed by atoms with van der Waals surface area (Å²) in [5.74, 6) is -0.252. The van der Waals surface area contributed by atoms with Crippen LogP contribution < -0.4 is 4.74 Å². The number of hydrogen-bond acceptors (Lipinski definition) is 2. The van der Waals surface area contributed by atoms with Crippen molar-refractivity contribution >= 4 is 5.97 Å². The number of fused-ring (bicyclic) bond motifs is 1. The lowest BCUT2D eigenvalue weighted by Gasteiger charge is -2.22. The summed E-state index contributed by atoms with van der Waals surface area (Å²) in [4.78, 5) is 11.5. The molecule has 0 spiro atoms. The molecule has 2 aromatic rings. The average molecular weight is 282 g/mol. The van der Waals surface area contributed by atoms with Crippen LogP contribution in [0.1, 0.15) is 35.6 Å². The molecule has 0 aliphatic heterocycles. The molecule has 0 aromatic heterocycles. The highest BCUT2D eigenvalue weighted by Gasteiger charge is 2.24. The predicted octanol–water partition coefficient (Wildman–Crippen LogP) is 3.77. The predicted molar refractivity (Wildman–Crippen MR) is 80.5 cm³/mol. The summed E-state index contributed by atoms with van der Waals surface area (Å²) in [5.41, 5.74) is 3.13. The van der Waals surface area contributed by atoms with Crippen molar-refractivity contribution in [1.82, 2.24) is 0 Å². The Balaban J connectivity index is 1.92. The van der Waals surface area contributed by atoms with Crippen LogP contribution in [0.4, 0.5) is 0 Å². The number of hydrogen-bond donors (Lipinski definition) is 1. The smallest absolute Gasteiger partial charge is 0.349 e. The Hall–Kier alpha value is -2.29. The van der Waals surface area contributed by atoms with E-state index in [1.165, 1.54) is 17.5 Å². The lowest BCUT2D eigenvalue weighted by atomic mass is 9.91. The van der Waals surface area contributed by atoms with Gasteiger partial charge in [0.1, 0.15) is 5.75 Å². The molecule has 3 rings (SSSR count). The van der Waals surface area contributed by atoms with Crippen LogP contribution in [0, 0.1) is 0 Å². The molecule has 0 radical (unpaired) electrons. The molecule has 0 heterocycles. The summed E-state index contributed by atoms with van der Waals surface area (Å²) in [7, 11) is 0. The molecule has 1 atom stereocenters. The summed E-state index contributed by atoms with van der Waals surface area (Å²) in [6, 6.07) is 15.0. The largest absolute Gasteiger partial charge is 0.478 e. The monoisotopic (exact) mass is 282 g/mol. The quantitative estimate of drug-likeness (QED) is 0.928. The van der Waals surface area contributed by atoms with Gasteiger partial charge in [-0.15, -0.1) is 0 Å². The van der Waals surface area contributed by atoms with Crippen molar-refractivity contribution in [2.24, 2.45) is 0 Å². The van der Waals surface area contributed by atoms with Crippen LogP contribution in [-0.2, 0) is 17.6 Å². The maximum absolute atomic E-state index is 11.5. The van der Waals surface area contributed by atoms with Gasteiger partial charge in [0.2, 0.25) is 6.10 Å². The third kappa shape index (κ3) is 2.92. The molecule has 0 bridgehead atoms. The summed E-state index contributed by atoms with van der Waals surface area (Å²) < 4.78 is 5.86. The molecule has 21 heavy (non-hydrogen) atoms. The molecule has 1 aliphatic rings. The van der Waals surface area contributed by atoms with E-state index < -0.39 is 12.1 Å². The van der Waals surface area contributed by atoms with Crippen molar-refractivity contribution in [3.8, 4) is 5.75 Å². The van der Waals surface area contributed by atoms with E-state index >= 15 is 0 Å². The first-order valence-corrected chi connectivity index (χ1v) is 7.31. The summed E-state index contributed by atoms with van der Waals surface area (Å²) in [5, 5.41) is 9.47. The Labute approximate surface area is 124 Å². The zero-order valence-electron chi connectivity index (χ0n) is 11.8. The van der Waals surface area contributed by atoms with Crippen LogP contribution in [0.3, 0.4) is 0 Å². The molecule has 0 saturated carbocycles. The Morgan fingerprint density at radius 3 is 2.52 bits per heavy atom. The second kappa shape index (κ2) is 6.00. The third-order valence-electron chi connectivity index (χ3n) is 3.92. The third-order valence-corrected chi connectivity index (χ3v) is 3.92. The van der Waals surface area contributed by atoms with Gasteiger partial charge < -0.3 is 9.84 Å². The SMILES string of the molecule is O=C(O)C(Oc1cccc2c1CCCC2)c1ccccc1. The minimum Gasteiger partial charge on any atom is -0.478 e. The van der Waals surface area contributed by atoms with Gasteiger partial charge >= 0.3 is 5.97 Å². The average Bonchev–Trinajstić information content (AvgIpc) is 2.53. The number of aryl methyl sites for hydroxylation is 1. The highest BCUT2D eigenvalue weighted by molar-refractivity contribution is 5.75. The lowest BCUT2D eigenvalue weighted by molar-refractivity contribution is -0.145. The van der Waals surface area contributed by atoms with Gasteiger partial charge in [0.25, 0.3) is 0 Å². The Bertz CT molecular complexity index is 634. The Kier molecular flexibility index (Phi) is 3.91. The first-order chi connectivity index (χ1) is 10.3. The van der Waals surface area contributed by atoms with Crippen molar-refractivity contribution in [2.45, 2.75) is 31.8 Å². The fourth-order valence-corrected chi connectivity index (χ4v) is 2.87. The van der Waals surface area contributed by atoms with Crippen molar-refractivity contribution in [3.63, 3.8) is 0 Å².